The van der Waals surface area contributed by atoms with E-state index in [0.29, 0.717) is 0 Å². The predicted octanol–water partition coefficient (Wildman–Crippen LogP) is 5.30. The van der Waals surface area contributed by atoms with Crippen LogP contribution in [-0.4, -0.2) is 18.5 Å². The molecule has 0 saturated carbocycles. The van der Waals surface area contributed by atoms with E-state index in [9.17, 15) is 9.59 Å². The quantitative estimate of drug-likeness (QED) is 0.520. The smallest absolute Gasteiger partial charge is 0.355 e. The molecule has 32 heavy (non-hydrogen) atoms. The van der Waals surface area contributed by atoms with Crippen LogP contribution in [0.15, 0.2) is 90.6 Å². The van der Waals surface area contributed by atoms with Crippen molar-refractivity contribution in [1.29, 1.82) is 0 Å². The summed E-state index contributed by atoms with van der Waals surface area (Å²) in [5.74, 6) is -0.782. The van der Waals surface area contributed by atoms with Gasteiger partial charge in [-0.1, -0.05) is 66.7 Å². The van der Waals surface area contributed by atoms with E-state index in [0.717, 1.165) is 28.1 Å². The lowest BCUT2D eigenvalue weighted by molar-refractivity contribution is -0.139. The molecule has 0 aromatic heterocycles. The van der Waals surface area contributed by atoms with E-state index in [1.54, 1.807) is 11.8 Å². The van der Waals surface area contributed by atoms with Crippen LogP contribution in [-0.2, 0) is 14.3 Å². The number of esters is 1. The lowest BCUT2D eigenvalue weighted by atomic mass is 10.0. The first kappa shape index (κ1) is 21.4. The number of ether oxygens (including phenoxy) is 1. The summed E-state index contributed by atoms with van der Waals surface area (Å²) in [7, 11) is 0. The van der Waals surface area contributed by atoms with Crippen molar-refractivity contribution < 1.29 is 14.3 Å². The first-order valence-corrected chi connectivity index (χ1v) is 10.7. The van der Waals surface area contributed by atoms with Crippen molar-refractivity contribution in [3.8, 4) is 0 Å². The van der Waals surface area contributed by atoms with Crippen LogP contribution in [0.3, 0.4) is 0 Å². The summed E-state index contributed by atoms with van der Waals surface area (Å²) in [5.41, 5.74) is 4.71. The highest BCUT2D eigenvalue weighted by Gasteiger charge is 2.41. The Labute approximate surface area is 188 Å². The average Bonchev–Trinajstić information content (AvgIpc) is 2.80. The van der Waals surface area contributed by atoms with E-state index < -0.39 is 12.1 Å². The Hall–Kier alpha value is -3.86. The Morgan fingerprint density at radius 2 is 1.34 bits per heavy atom. The summed E-state index contributed by atoms with van der Waals surface area (Å²) in [6, 6.07) is 25.4. The Balaban J connectivity index is 2.01. The van der Waals surface area contributed by atoms with Gasteiger partial charge in [-0.2, -0.15) is 0 Å². The summed E-state index contributed by atoms with van der Waals surface area (Å²) < 4.78 is 5.35. The molecule has 0 N–H and O–H groups in total. The Morgan fingerprint density at radius 3 is 1.91 bits per heavy atom. The SMILES string of the molecule is CCOC(=O)C1=CC(=O)N(c2ccccc2C)C(c2ccccc2)N1c1ccccc1C. The minimum absolute atomic E-state index is 0.226. The molecule has 1 unspecified atom stereocenters. The molecule has 162 valence electrons. The van der Waals surface area contributed by atoms with E-state index in [1.807, 2.05) is 97.6 Å². The molecule has 3 aromatic rings. The van der Waals surface area contributed by atoms with Crippen molar-refractivity contribution in [3.05, 3.63) is 107 Å². The van der Waals surface area contributed by atoms with Gasteiger partial charge in [0.15, 0.2) is 0 Å². The van der Waals surface area contributed by atoms with Crippen LogP contribution < -0.4 is 9.80 Å². The standard InChI is InChI=1S/C27H26N2O3/c1-4-32-27(31)24-18-25(30)29(23-17-11-9-13-20(23)3)26(21-14-6-5-7-15-21)28(24)22-16-10-8-12-19(22)2/h5-18,26H,4H2,1-3H3. The average molecular weight is 427 g/mol. The van der Waals surface area contributed by atoms with Gasteiger partial charge in [-0.05, 0) is 49.6 Å². The van der Waals surface area contributed by atoms with Crippen molar-refractivity contribution in [2.45, 2.75) is 26.9 Å². The number of hydrogen-bond acceptors (Lipinski definition) is 4. The van der Waals surface area contributed by atoms with Crippen molar-refractivity contribution >= 4 is 23.3 Å². The van der Waals surface area contributed by atoms with Gasteiger partial charge in [0.2, 0.25) is 0 Å². The zero-order valence-corrected chi connectivity index (χ0v) is 18.5. The first-order valence-electron chi connectivity index (χ1n) is 10.7. The molecule has 0 radical (unpaired) electrons. The number of anilines is 2. The summed E-state index contributed by atoms with van der Waals surface area (Å²) >= 11 is 0. The number of benzene rings is 3. The highest BCUT2D eigenvalue weighted by molar-refractivity contribution is 6.11. The topological polar surface area (TPSA) is 49.9 Å². The van der Waals surface area contributed by atoms with Crippen LogP contribution in [0.4, 0.5) is 11.4 Å². The Morgan fingerprint density at radius 1 is 0.812 bits per heavy atom. The van der Waals surface area contributed by atoms with Crippen LogP contribution in [0.2, 0.25) is 0 Å². The molecule has 0 spiro atoms. The molecule has 0 fully saturated rings. The molecule has 1 aliphatic heterocycles. The fourth-order valence-electron chi connectivity index (χ4n) is 4.09. The normalized spacial score (nSPS) is 16.0. The molecule has 0 aliphatic carbocycles. The fourth-order valence-corrected chi connectivity index (χ4v) is 4.09. The summed E-state index contributed by atoms with van der Waals surface area (Å²) in [4.78, 5) is 30.2. The Bertz CT molecular complexity index is 1170. The van der Waals surface area contributed by atoms with Gasteiger partial charge in [0, 0.05) is 17.5 Å². The second kappa shape index (κ2) is 9.10. The predicted molar refractivity (Wildman–Crippen MR) is 126 cm³/mol. The summed E-state index contributed by atoms with van der Waals surface area (Å²) in [6.45, 7) is 5.96. The third-order valence-electron chi connectivity index (χ3n) is 5.58. The van der Waals surface area contributed by atoms with Crippen LogP contribution in [0, 0.1) is 13.8 Å². The highest BCUT2D eigenvalue weighted by Crippen LogP contribution is 2.41. The van der Waals surface area contributed by atoms with Crippen LogP contribution in [0.1, 0.15) is 29.8 Å². The van der Waals surface area contributed by atoms with Crippen LogP contribution in [0.5, 0.6) is 0 Å². The van der Waals surface area contributed by atoms with E-state index in [4.69, 9.17) is 4.74 Å². The number of rotatable bonds is 5. The van der Waals surface area contributed by atoms with Gasteiger partial charge >= 0.3 is 5.97 Å². The number of hydrogen-bond donors (Lipinski definition) is 0. The molecule has 1 aliphatic rings. The number of amides is 1. The number of para-hydroxylation sites is 2. The van der Waals surface area contributed by atoms with Gasteiger partial charge in [0.05, 0.1) is 6.61 Å². The number of carbonyl (C=O) groups excluding carboxylic acids is 2. The second-order valence-electron chi connectivity index (χ2n) is 7.69. The van der Waals surface area contributed by atoms with Crippen molar-refractivity contribution in [1.82, 2.24) is 0 Å². The molecular formula is C27H26N2O3. The van der Waals surface area contributed by atoms with E-state index >= 15 is 0 Å². The maximum atomic E-state index is 13.5. The summed E-state index contributed by atoms with van der Waals surface area (Å²) in [5, 5.41) is 0. The molecule has 0 saturated heterocycles. The first-order chi connectivity index (χ1) is 15.5. The molecule has 4 rings (SSSR count). The molecule has 1 heterocycles. The van der Waals surface area contributed by atoms with Gasteiger partial charge in [-0.25, -0.2) is 4.79 Å². The van der Waals surface area contributed by atoms with Gasteiger partial charge < -0.3 is 9.64 Å². The molecule has 1 amide bonds. The fraction of sp³-hybridized carbons (Fsp3) is 0.185. The maximum Gasteiger partial charge on any atom is 0.355 e. The molecule has 5 nitrogen and oxygen atoms in total. The van der Waals surface area contributed by atoms with Crippen molar-refractivity contribution in [3.63, 3.8) is 0 Å². The zero-order chi connectivity index (χ0) is 22.7. The van der Waals surface area contributed by atoms with Gasteiger partial charge in [-0.3, -0.25) is 9.69 Å². The van der Waals surface area contributed by atoms with Crippen LogP contribution >= 0.6 is 0 Å². The maximum absolute atomic E-state index is 13.5. The number of nitrogens with zero attached hydrogens (tertiary/aromatic N) is 2. The number of carbonyl (C=O) groups is 2. The third kappa shape index (κ3) is 3.89. The second-order valence-corrected chi connectivity index (χ2v) is 7.69. The molecule has 3 aromatic carbocycles. The molecular weight excluding hydrogens is 400 g/mol. The van der Waals surface area contributed by atoms with Gasteiger partial charge in [-0.15, -0.1) is 0 Å². The Kier molecular flexibility index (Phi) is 6.08. The van der Waals surface area contributed by atoms with Crippen molar-refractivity contribution in [2.75, 3.05) is 16.4 Å². The van der Waals surface area contributed by atoms with Gasteiger partial charge in [0.25, 0.3) is 5.91 Å². The lowest BCUT2D eigenvalue weighted by Gasteiger charge is -2.45. The van der Waals surface area contributed by atoms with Gasteiger partial charge in [0.1, 0.15) is 11.9 Å². The lowest BCUT2D eigenvalue weighted by Crippen LogP contribution is -2.50. The largest absolute Gasteiger partial charge is 0.461 e. The van der Waals surface area contributed by atoms with E-state index in [2.05, 4.69) is 0 Å². The molecule has 1 atom stereocenters. The van der Waals surface area contributed by atoms with Crippen molar-refractivity contribution in [2.24, 2.45) is 0 Å². The number of aryl methyl sites for hydroxylation is 2. The third-order valence-corrected chi connectivity index (χ3v) is 5.58. The minimum atomic E-state index is -0.560. The summed E-state index contributed by atoms with van der Waals surface area (Å²) in [6.07, 6.45) is 0.825. The van der Waals surface area contributed by atoms with E-state index in [1.165, 1.54) is 6.08 Å². The molecule has 0 bridgehead atoms. The minimum Gasteiger partial charge on any atom is -0.461 e. The highest BCUT2D eigenvalue weighted by atomic mass is 16.5. The zero-order valence-electron chi connectivity index (χ0n) is 18.5. The molecule has 5 heteroatoms. The monoisotopic (exact) mass is 426 g/mol. The van der Waals surface area contributed by atoms with E-state index in [-0.39, 0.29) is 18.2 Å². The van der Waals surface area contributed by atoms with Crippen LogP contribution in [0.25, 0.3) is 0 Å².